The Bertz CT molecular complexity index is 738. The number of nitriles is 2. The third kappa shape index (κ3) is 2.19. The van der Waals surface area contributed by atoms with E-state index in [4.69, 9.17) is 0 Å². The van der Waals surface area contributed by atoms with Crippen molar-refractivity contribution >= 4 is 0 Å². The molecule has 0 amide bonds. The number of nitrogens with one attached hydrogen (secondary N) is 2. The van der Waals surface area contributed by atoms with Gasteiger partial charge in [-0.3, -0.25) is 5.10 Å². The molecule has 5 nitrogen and oxygen atoms in total. The number of fused-ring (bicyclic) bond motifs is 1. The molecule has 2 aliphatic rings. The molecule has 112 valence electrons. The van der Waals surface area contributed by atoms with Crippen LogP contribution in [0.3, 0.4) is 0 Å². The number of aromatic amines is 1. The van der Waals surface area contributed by atoms with E-state index >= 15 is 0 Å². The van der Waals surface area contributed by atoms with Gasteiger partial charge in [-0.1, -0.05) is 6.92 Å². The van der Waals surface area contributed by atoms with Crippen LogP contribution in [-0.4, -0.2) is 10.2 Å². The quantitative estimate of drug-likeness (QED) is 0.877. The van der Waals surface area contributed by atoms with Crippen LogP contribution in [0.4, 0.5) is 0 Å². The Morgan fingerprint density at radius 3 is 2.77 bits per heavy atom. The second-order valence-electron chi connectivity index (χ2n) is 5.99. The van der Waals surface area contributed by atoms with E-state index in [1.165, 1.54) is 11.3 Å². The molecule has 22 heavy (non-hydrogen) atoms. The molecule has 5 heteroatoms. The van der Waals surface area contributed by atoms with Gasteiger partial charge in [-0.25, -0.2) is 0 Å². The van der Waals surface area contributed by atoms with E-state index in [1.54, 1.807) is 0 Å². The minimum atomic E-state index is -0.0887. The maximum Gasteiger partial charge on any atom is 0.0972 e. The van der Waals surface area contributed by atoms with E-state index in [0.717, 1.165) is 42.7 Å². The molecule has 1 aliphatic heterocycles. The fourth-order valence-electron chi connectivity index (χ4n) is 3.70. The Hall–Kier alpha value is -2.53. The third-order valence-corrected chi connectivity index (χ3v) is 4.81. The minimum Gasteiger partial charge on any atom is -0.361 e. The van der Waals surface area contributed by atoms with Crippen LogP contribution in [0, 0.1) is 34.5 Å². The van der Waals surface area contributed by atoms with Gasteiger partial charge in [0.15, 0.2) is 0 Å². The Kier molecular flexibility index (Phi) is 3.73. The average molecular weight is 293 g/mol. The monoisotopic (exact) mass is 293 g/mol. The van der Waals surface area contributed by atoms with Crippen molar-refractivity contribution in [2.24, 2.45) is 11.8 Å². The number of hydrogen-bond acceptors (Lipinski definition) is 4. The second-order valence-corrected chi connectivity index (χ2v) is 5.99. The number of rotatable bonds is 2. The lowest BCUT2D eigenvalue weighted by atomic mass is 9.71. The number of aryl methyl sites for hydroxylation is 1. The molecule has 0 radical (unpaired) electrons. The average Bonchev–Trinajstić information content (AvgIpc) is 3.01. The molecule has 0 aromatic carbocycles. The van der Waals surface area contributed by atoms with Crippen molar-refractivity contribution in [3.63, 3.8) is 0 Å². The summed E-state index contributed by atoms with van der Waals surface area (Å²) in [5.41, 5.74) is 5.72. The van der Waals surface area contributed by atoms with E-state index in [9.17, 15) is 10.5 Å². The van der Waals surface area contributed by atoms with Crippen molar-refractivity contribution in [2.45, 2.75) is 39.5 Å². The second kappa shape index (κ2) is 5.69. The number of hydrogen-bond donors (Lipinski definition) is 2. The predicted octanol–water partition coefficient (Wildman–Crippen LogP) is 2.72. The van der Waals surface area contributed by atoms with Crippen molar-refractivity contribution in [1.82, 2.24) is 15.5 Å². The summed E-state index contributed by atoms with van der Waals surface area (Å²) in [5, 5.41) is 29.6. The minimum absolute atomic E-state index is 0.0887. The molecule has 1 aromatic rings. The van der Waals surface area contributed by atoms with Crippen molar-refractivity contribution in [2.75, 3.05) is 0 Å². The summed E-state index contributed by atoms with van der Waals surface area (Å²) in [6.07, 6.45) is 5.43. The zero-order chi connectivity index (χ0) is 15.7. The Morgan fingerprint density at radius 1 is 1.32 bits per heavy atom. The normalized spacial score (nSPS) is 24.4. The topological polar surface area (TPSA) is 88.3 Å². The van der Waals surface area contributed by atoms with Gasteiger partial charge < -0.3 is 5.32 Å². The Labute approximate surface area is 130 Å². The molecule has 1 aliphatic carbocycles. The molecule has 0 fully saturated rings. The fourth-order valence-corrected chi connectivity index (χ4v) is 3.70. The molecule has 0 bridgehead atoms. The smallest absolute Gasteiger partial charge is 0.0972 e. The highest BCUT2D eigenvalue weighted by Crippen LogP contribution is 2.40. The first-order valence-corrected chi connectivity index (χ1v) is 7.71. The van der Waals surface area contributed by atoms with Crippen LogP contribution in [-0.2, 0) is 12.8 Å². The summed E-state index contributed by atoms with van der Waals surface area (Å²) >= 11 is 0. The number of aromatic nitrogens is 2. The number of allylic oxidation sites excluding steroid dienone is 4. The molecular weight excluding hydrogens is 274 g/mol. The van der Waals surface area contributed by atoms with Crippen LogP contribution >= 0.6 is 0 Å². The Morgan fingerprint density at radius 2 is 2.09 bits per heavy atom. The lowest BCUT2D eigenvalue weighted by Crippen LogP contribution is -2.32. The Balaban J connectivity index is 2.02. The summed E-state index contributed by atoms with van der Waals surface area (Å²) in [7, 11) is 0. The molecular formula is C17H19N5. The molecule has 2 N–H and O–H groups in total. The maximum atomic E-state index is 9.65. The van der Waals surface area contributed by atoms with Crippen molar-refractivity contribution in [1.29, 1.82) is 10.5 Å². The molecule has 2 heterocycles. The van der Waals surface area contributed by atoms with Crippen molar-refractivity contribution in [3.8, 4) is 12.1 Å². The van der Waals surface area contributed by atoms with Crippen LogP contribution < -0.4 is 5.32 Å². The van der Waals surface area contributed by atoms with Gasteiger partial charge in [0.05, 0.1) is 29.5 Å². The fraction of sp³-hybridized carbons (Fsp3) is 0.471. The summed E-state index contributed by atoms with van der Waals surface area (Å²) < 4.78 is 0. The van der Waals surface area contributed by atoms with Gasteiger partial charge in [-0.05, 0) is 44.1 Å². The van der Waals surface area contributed by atoms with Crippen LogP contribution in [0.5, 0.6) is 0 Å². The van der Waals surface area contributed by atoms with Crippen LogP contribution in [0.1, 0.15) is 37.9 Å². The van der Waals surface area contributed by atoms with Crippen molar-refractivity contribution < 1.29 is 0 Å². The van der Waals surface area contributed by atoms with Gasteiger partial charge >= 0.3 is 0 Å². The lowest BCUT2D eigenvalue weighted by molar-refractivity contribution is 0.372. The highest BCUT2D eigenvalue weighted by atomic mass is 15.1. The number of nitrogens with zero attached hydrogens (tertiary/aromatic N) is 3. The summed E-state index contributed by atoms with van der Waals surface area (Å²) in [4.78, 5) is 0. The molecule has 0 saturated heterocycles. The molecule has 3 rings (SSSR count). The number of dihydropyridines is 1. The van der Waals surface area contributed by atoms with Gasteiger partial charge in [-0.15, -0.1) is 0 Å². The van der Waals surface area contributed by atoms with E-state index in [-0.39, 0.29) is 11.8 Å². The molecule has 1 aromatic heterocycles. The standard InChI is InChI=1S/C17H19N5/c1-3-15-14(8-19)17(13(7-18)10(2)21-15)11-4-5-16-12(6-11)9-20-22-16/h9,11,17,21H,3-6H2,1-2H3,(H,20,22). The maximum absolute atomic E-state index is 9.65. The van der Waals surface area contributed by atoms with E-state index in [0.29, 0.717) is 5.57 Å². The van der Waals surface area contributed by atoms with Crippen LogP contribution in [0.25, 0.3) is 0 Å². The van der Waals surface area contributed by atoms with Gasteiger partial charge in [0, 0.05) is 23.0 Å². The summed E-state index contributed by atoms with van der Waals surface area (Å²) in [6.45, 7) is 3.97. The predicted molar refractivity (Wildman–Crippen MR) is 82.0 cm³/mol. The summed E-state index contributed by atoms with van der Waals surface area (Å²) in [6, 6.07) is 4.70. The SMILES string of the molecule is CCC1=C(C#N)C(C2CCc3[nH]ncc3C2)C(C#N)=C(C)N1. The van der Waals surface area contributed by atoms with Gasteiger partial charge in [0.25, 0.3) is 0 Å². The zero-order valence-corrected chi connectivity index (χ0v) is 12.9. The number of H-pyrrole nitrogens is 1. The third-order valence-electron chi connectivity index (χ3n) is 4.81. The first-order chi connectivity index (χ1) is 10.7. The molecule has 0 saturated carbocycles. The van der Waals surface area contributed by atoms with E-state index in [2.05, 4.69) is 27.7 Å². The van der Waals surface area contributed by atoms with Gasteiger partial charge in [0.1, 0.15) is 0 Å². The lowest BCUT2D eigenvalue weighted by Gasteiger charge is -2.34. The van der Waals surface area contributed by atoms with Crippen LogP contribution in [0.2, 0.25) is 0 Å². The molecule has 2 atom stereocenters. The first-order valence-electron chi connectivity index (χ1n) is 7.71. The highest BCUT2D eigenvalue weighted by Gasteiger charge is 2.36. The van der Waals surface area contributed by atoms with Gasteiger partial charge in [-0.2, -0.15) is 15.6 Å². The van der Waals surface area contributed by atoms with E-state index < -0.39 is 0 Å². The van der Waals surface area contributed by atoms with E-state index in [1.807, 2.05) is 20.0 Å². The van der Waals surface area contributed by atoms with Crippen LogP contribution in [0.15, 0.2) is 28.7 Å². The molecule has 2 unspecified atom stereocenters. The molecule has 0 spiro atoms. The highest BCUT2D eigenvalue weighted by molar-refractivity contribution is 5.48. The largest absolute Gasteiger partial charge is 0.361 e. The van der Waals surface area contributed by atoms with Crippen molar-refractivity contribution in [3.05, 3.63) is 40.0 Å². The van der Waals surface area contributed by atoms with Gasteiger partial charge in [0.2, 0.25) is 0 Å². The first kappa shape index (κ1) is 14.4. The zero-order valence-electron chi connectivity index (χ0n) is 12.9. The summed E-state index contributed by atoms with van der Waals surface area (Å²) in [5.74, 6) is 0.197.